The molecule has 0 radical (unpaired) electrons. The molecule has 0 spiro atoms. The number of hydrogen-bond donors (Lipinski definition) is 1. The molecule has 1 N–H and O–H groups in total. The second-order valence-electron chi connectivity index (χ2n) is 6.94. The van der Waals surface area contributed by atoms with Crippen LogP contribution in [-0.2, 0) is 4.79 Å². The van der Waals surface area contributed by atoms with E-state index in [0.717, 1.165) is 16.9 Å². The number of halogens is 1. The molecule has 3 rings (SSSR count). The van der Waals surface area contributed by atoms with Gasteiger partial charge in [-0.1, -0.05) is 25.4 Å². The van der Waals surface area contributed by atoms with Crippen molar-refractivity contribution in [1.82, 2.24) is 10.3 Å². The van der Waals surface area contributed by atoms with Gasteiger partial charge in [0.05, 0.1) is 6.61 Å². The van der Waals surface area contributed by atoms with Crippen molar-refractivity contribution in [2.45, 2.75) is 20.8 Å². The van der Waals surface area contributed by atoms with Crippen molar-refractivity contribution < 1.29 is 18.9 Å². The van der Waals surface area contributed by atoms with Gasteiger partial charge in [0, 0.05) is 10.6 Å². The van der Waals surface area contributed by atoms with Crippen LogP contribution in [0.15, 0.2) is 47.1 Å². The third kappa shape index (κ3) is 5.71. The molecular formula is C21H22ClN3O4. The molecule has 0 unspecified atom stereocenters. The highest BCUT2D eigenvalue weighted by Gasteiger charge is 2.16. The van der Waals surface area contributed by atoms with Crippen LogP contribution in [0.1, 0.15) is 19.4 Å². The highest BCUT2D eigenvalue weighted by atomic mass is 35.5. The third-order valence-electron chi connectivity index (χ3n) is 3.96. The molecule has 1 aromatic heterocycles. The van der Waals surface area contributed by atoms with Crippen molar-refractivity contribution in [2.24, 2.45) is 5.92 Å². The Hall–Kier alpha value is -3.06. The van der Waals surface area contributed by atoms with Crippen LogP contribution in [-0.4, -0.2) is 29.4 Å². The quantitative estimate of drug-likeness (QED) is 0.571. The summed E-state index contributed by atoms with van der Waals surface area (Å²) < 4.78 is 16.0. The first kappa shape index (κ1) is 20.7. The third-order valence-corrected chi connectivity index (χ3v) is 4.38. The molecule has 0 bridgehead atoms. The predicted molar refractivity (Wildman–Crippen MR) is 110 cm³/mol. The van der Waals surface area contributed by atoms with E-state index in [1.807, 2.05) is 31.2 Å². The monoisotopic (exact) mass is 415 g/mol. The largest absolute Gasteiger partial charge is 0.493 e. The lowest BCUT2D eigenvalue weighted by Crippen LogP contribution is -2.20. The number of hydrogen-bond acceptors (Lipinski definition) is 6. The van der Waals surface area contributed by atoms with E-state index in [-0.39, 0.29) is 18.3 Å². The Labute approximate surface area is 173 Å². The van der Waals surface area contributed by atoms with Gasteiger partial charge in [-0.05, 0) is 71.2 Å². The van der Waals surface area contributed by atoms with E-state index in [9.17, 15) is 4.79 Å². The number of amides is 1. The summed E-state index contributed by atoms with van der Waals surface area (Å²) >= 11 is 5.99. The Morgan fingerprint density at radius 3 is 2.52 bits per heavy atom. The molecule has 0 fully saturated rings. The van der Waals surface area contributed by atoms with Crippen LogP contribution in [0.5, 0.6) is 11.5 Å². The maximum absolute atomic E-state index is 12.2. The van der Waals surface area contributed by atoms with Gasteiger partial charge in [-0.2, -0.15) is 0 Å². The average Bonchev–Trinajstić information content (AvgIpc) is 3.15. The van der Waals surface area contributed by atoms with Crippen LogP contribution in [0.3, 0.4) is 0 Å². The minimum Gasteiger partial charge on any atom is -0.493 e. The van der Waals surface area contributed by atoms with Crippen molar-refractivity contribution in [3.63, 3.8) is 0 Å². The molecule has 1 heterocycles. The lowest BCUT2D eigenvalue weighted by Gasteiger charge is -2.09. The zero-order valence-electron chi connectivity index (χ0n) is 16.4. The zero-order chi connectivity index (χ0) is 20.8. The summed E-state index contributed by atoms with van der Waals surface area (Å²) in [6, 6.07) is 12.5. The Morgan fingerprint density at radius 2 is 1.83 bits per heavy atom. The number of aromatic nitrogens is 2. The zero-order valence-corrected chi connectivity index (χ0v) is 17.2. The van der Waals surface area contributed by atoms with Crippen LogP contribution in [0.4, 0.5) is 5.82 Å². The summed E-state index contributed by atoms with van der Waals surface area (Å²) in [5.41, 5.74) is 2.04. The summed E-state index contributed by atoms with van der Waals surface area (Å²) in [5.74, 6) is 1.59. The predicted octanol–water partition coefficient (Wildman–Crippen LogP) is 4.75. The lowest BCUT2D eigenvalue weighted by atomic mass is 10.1. The van der Waals surface area contributed by atoms with E-state index in [1.165, 1.54) is 0 Å². The Balaban J connectivity index is 1.60. The first-order chi connectivity index (χ1) is 13.9. The van der Waals surface area contributed by atoms with Gasteiger partial charge in [0.2, 0.25) is 5.82 Å². The van der Waals surface area contributed by atoms with E-state index in [2.05, 4.69) is 29.5 Å². The van der Waals surface area contributed by atoms with Crippen LogP contribution < -0.4 is 14.8 Å². The molecule has 3 aromatic rings. The van der Waals surface area contributed by atoms with Crippen molar-refractivity contribution in [2.75, 3.05) is 18.5 Å². The summed E-state index contributed by atoms with van der Waals surface area (Å²) in [6.07, 6.45) is 0. The van der Waals surface area contributed by atoms with Gasteiger partial charge in [-0.3, -0.25) is 4.79 Å². The number of nitrogens with one attached hydrogen (secondary N) is 1. The number of carbonyl (C=O) groups is 1. The lowest BCUT2D eigenvalue weighted by molar-refractivity contribution is -0.118. The van der Waals surface area contributed by atoms with Crippen molar-refractivity contribution >= 4 is 23.3 Å². The average molecular weight is 416 g/mol. The minimum absolute atomic E-state index is 0.185. The van der Waals surface area contributed by atoms with Crippen LogP contribution in [0.2, 0.25) is 5.02 Å². The molecule has 7 nitrogen and oxygen atoms in total. The SMILES string of the molecule is Cc1cc(OCC(=O)Nc2nonc2-c2ccc(OCC(C)C)cc2)ccc1Cl. The van der Waals surface area contributed by atoms with Gasteiger partial charge < -0.3 is 14.8 Å². The van der Waals surface area contributed by atoms with E-state index >= 15 is 0 Å². The summed E-state index contributed by atoms with van der Waals surface area (Å²) in [7, 11) is 0. The molecule has 8 heteroatoms. The molecule has 1 amide bonds. The maximum Gasteiger partial charge on any atom is 0.263 e. The van der Waals surface area contributed by atoms with Gasteiger partial charge in [-0.15, -0.1) is 0 Å². The first-order valence-electron chi connectivity index (χ1n) is 9.17. The Morgan fingerprint density at radius 1 is 1.10 bits per heavy atom. The van der Waals surface area contributed by atoms with Crippen molar-refractivity contribution in [3.8, 4) is 22.8 Å². The maximum atomic E-state index is 12.2. The van der Waals surface area contributed by atoms with Gasteiger partial charge in [0.25, 0.3) is 5.91 Å². The summed E-state index contributed by atoms with van der Waals surface area (Å²) in [4.78, 5) is 12.2. The number of ether oxygens (including phenoxy) is 2. The van der Waals surface area contributed by atoms with E-state index in [4.69, 9.17) is 25.7 Å². The van der Waals surface area contributed by atoms with Gasteiger partial charge in [0.15, 0.2) is 12.3 Å². The fourth-order valence-electron chi connectivity index (χ4n) is 2.46. The number of anilines is 1. The van der Waals surface area contributed by atoms with Gasteiger partial charge in [0.1, 0.15) is 11.5 Å². The number of benzene rings is 2. The molecule has 0 atom stereocenters. The van der Waals surface area contributed by atoms with E-state index in [1.54, 1.807) is 18.2 Å². The molecule has 152 valence electrons. The number of nitrogens with zero attached hydrogens (tertiary/aromatic N) is 2. The number of carbonyl (C=O) groups excluding carboxylic acids is 1. The highest BCUT2D eigenvalue weighted by molar-refractivity contribution is 6.31. The van der Waals surface area contributed by atoms with Crippen LogP contribution >= 0.6 is 11.6 Å². The van der Waals surface area contributed by atoms with E-state index in [0.29, 0.717) is 29.0 Å². The fourth-order valence-corrected chi connectivity index (χ4v) is 2.57. The molecule has 29 heavy (non-hydrogen) atoms. The normalized spacial score (nSPS) is 10.8. The van der Waals surface area contributed by atoms with Crippen LogP contribution in [0, 0.1) is 12.8 Å². The first-order valence-corrected chi connectivity index (χ1v) is 9.54. The fraction of sp³-hybridized carbons (Fsp3) is 0.286. The molecule has 0 saturated carbocycles. The standard InChI is InChI=1S/C21H22ClN3O4/c1-13(2)11-27-16-6-4-15(5-7-16)20-21(25-29-24-20)23-19(26)12-28-17-8-9-18(22)14(3)10-17/h4-10,13H,11-12H2,1-3H3,(H,23,25,26). The highest BCUT2D eigenvalue weighted by Crippen LogP contribution is 2.26. The topological polar surface area (TPSA) is 86.5 Å². The molecular weight excluding hydrogens is 394 g/mol. The van der Waals surface area contributed by atoms with Crippen molar-refractivity contribution in [1.29, 1.82) is 0 Å². The van der Waals surface area contributed by atoms with Gasteiger partial charge >= 0.3 is 0 Å². The summed E-state index contributed by atoms with van der Waals surface area (Å²) in [6.45, 7) is 6.49. The Kier molecular flexibility index (Phi) is 6.72. The molecule has 0 saturated heterocycles. The molecule has 0 aliphatic rings. The van der Waals surface area contributed by atoms with Gasteiger partial charge in [-0.25, -0.2) is 4.63 Å². The second-order valence-corrected chi connectivity index (χ2v) is 7.35. The number of rotatable bonds is 8. The minimum atomic E-state index is -0.383. The number of aryl methyl sites for hydroxylation is 1. The molecule has 2 aromatic carbocycles. The smallest absolute Gasteiger partial charge is 0.263 e. The van der Waals surface area contributed by atoms with Crippen LogP contribution in [0.25, 0.3) is 11.3 Å². The Bertz CT molecular complexity index is 970. The van der Waals surface area contributed by atoms with E-state index < -0.39 is 0 Å². The molecule has 0 aliphatic heterocycles. The summed E-state index contributed by atoms with van der Waals surface area (Å²) in [5, 5.41) is 10.9. The van der Waals surface area contributed by atoms with Crippen molar-refractivity contribution in [3.05, 3.63) is 53.1 Å². The molecule has 0 aliphatic carbocycles. The second kappa shape index (κ2) is 9.43.